The molecule has 0 radical (unpaired) electrons. The largest absolute Gasteiger partial charge is 0.496 e. The molecule has 2 rings (SSSR count). The van der Waals surface area contributed by atoms with Crippen LogP contribution in [0.15, 0.2) is 17.0 Å². The van der Waals surface area contributed by atoms with Crippen LogP contribution in [-0.2, 0) is 19.6 Å². The van der Waals surface area contributed by atoms with Crippen molar-refractivity contribution in [3.63, 3.8) is 0 Å². The van der Waals surface area contributed by atoms with E-state index in [1.165, 1.54) is 20.3 Å². The van der Waals surface area contributed by atoms with E-state index in [2.05, 4.69) is 0 Å². The molecule has 1 saturated heterocycles. The van der Waals surface area contributed by atoms with Crippen molar-refractivity contribution in [1.82, 2.24) is 4.31 Å². The van der Waals surface area contributed by atoms with E-state index in [0.717, 1.165) is 4.31 Å². The number of methoxy groups -OCH3 is 2. The minimum atomic E-state index is -3.97. The van der Waals surface area contributed by atoms with Crippen LogP contribution >= 0.6 is 0 Å². The maximum absolute atomic E-state index is 13.2. The van der Waals surface area contributed by atoms with Gasteiger partial charge in [-0.25, -0.2) is 8.42 Å². The number of ether oxygens (including phenoxy) is 2. The monoisotopic (exact) mass is 357 g/mol. The molecule has 1 unspecified atom stereocenters. The molecule has 7 nitrogen and oxygen atoms in total. The molecular formula is C16H23NO6S. The zero-order chi connectivity index (χ0) is 18.1. The van der Waals surface area contributed by atoms with Crippen molar-refractivity contribution in [2.75, 3.05) is 27.4 Å². The second kappa shape index (κ2) is 6.70. The molecule has 0 spiro atoms. The number of benzene rings is 1. The van der Waals surface area contributed by atoms with Crippen molar-refractivity contribution in [2.24, 2.45) is 0 Å². The van der Waals surface area contributed by atoms with E-state index in [-0.39, 0.29) is 24.5 Å². The molecule has 0 bridgehead atoms. The first kappa shape index (κ1) is 18.7. The number of hydrogen-bond donors (Lipinski definition) is 1. The summed E-state index contributed by atoms with van der Waals surface area (Å²) in [6, 6.07) is 3.05. The Balaban J connectivity index is 2.58. The van der Waals surface area contributed by atoms with Crippen LogP contribution < -0.4 is 4.74 Å². The lowest BCUT2D eigenvalue weighted by Crippen LogP contribution is -2.56. The molecular weight excluding hydrogens is 334 g/mol. The Kier molecular flexibility index (Phi) is 5.22. The summed E-state index contributed by atoms with van der Waals surface area (Å²) in [5.41, 5.74) is -0.295. The number of sulfonamides is 1. The number of rotatable bonds is 6. The summed E-state index contributed by atoms with van der Waals surface area (Å²) in [5, 5.41) is 9.68. The average molecular weight is 357 g/mol. The minimum absolute atomic E-state index is 0.101. The normalized spacial score (nSPS) is 21.8. The first-order valence-corrected chi connectivity index (χ1v) is 9.05. The van der Waals surface area contributed by atoms with Crippen LogP contribution in [0.4, 0.5) is 0 Å². The molecule has 0 amide bonds. The number of aliphatic carboxylic acids is 1. The van der Waals surface area contributed by atoms with Crippen molar-refractivity contribution in [3.05, 3.63) is 23.3 Å². The van der Waals surface area contributed by atoms with Gasteiger partial charge < -0.3 is 14.6 Å². The molecule has 0 aliphatic carbocycles. The van der Waals surface area contributed by atoms with Gasteiger partial charge in [-0.05, 0) is 49.9 Å². The van der Waals surface area contributed by atoms with E-state index in [1.54, 1.807) is 19.9 Å². The number of hydrogen-bond acceptors (Lipinski definition) is 5. The fraction of sp³-hybridized carbons (Fsp3) is 0.562. The molecule has 1 aliphatic heterocycles. The van der Waals surface area contributed by atoms with Crippen LogP contribution in [0.3, 0.4) is 0 Å². The van der Waals surface area contributed by atoms with Crippen molar-refractivity contribution in [1.29, 1.82) is 0 Å². The van der Waals surface area contributed by atoms with Crippen LogP contribution in [0.5, 0.6) is 5.75 Å². The lowest BCUT2D eigenvalue weighted by atomic mass is 9.99. The van der Waals surface area contributed by atoms with Crippen molar-refractivity contribution < 1.29 is 27.8 Å². The molecule has 8 heteroatoms. The van der Waals surface area contributed by atoms with Crippen LogP contribution in [0.25, 0.3) is 0 Å². The Morgan fingerprint density at radius 3 is 2.50 bits per heavy atom. The summed E-state index contributed by atoms with van der Waals surface area (Å²) in [7, 11) is -1.08. The summed E-state index contributed by atoms with van der Waals surface area (Å²) >= 11 is 0. The van der Waals surface area contributed by atoms with Gasteiger partial charge in [0.2, 0.25) is 10.0 Å². The number of carboxylic acids is 1. The van der Waals surface area contributed by atoms with Gasteiger partial charge >= 0.3 is 5.97 Å². The first-order valence-electron chi connectivity index (χ1n) is 7.61. The fourth-order valence-electron chi connectivity index (χ4n) is 3.25. The second-order valence-corrected chi connectivity index (χ2v) is 7.80. The highest BCUT2D eigenvalue weighted by atomic mass is 32.2. The Labute approximate surface area is 142 Å². The fourth-order valence-corrected chi connectivity index (χ4v) is 5.32. The van der Waals surface area contributed by atoms with Gasteiger partial charge in [-0.3, -0.25) is 4.79 Å². The highest BCUT2D eigenvalue weighted by molar-refractivity contribution is 7.89. The number of nitrogens with zero attached hydrogens (tertiary/aromatic N) is 1. The predicted octanol–water partition coefficient (Wildman–Crippen LogP) is 1.57. The van der Waals surface area contributed by atoms with Gasteiger partial charge in [-0.2, -0.15) is 4.31 Å². The summed E-state index contributed by atoms with van der Waals surface area (Å²) in [4.78, 5) is 11.9. The molecule has 24 heavy (non-hydrogen) atoms. The average Bonchev–Trinajstić information content (AvgIpc) is 2.96. The predicted molar refractivity (Wildman–Crippen MR) is 87.8 cm³/mol. The molecule has 0 saturated carbocycles. The maximum atomic E-state index is 13.2. The zero-order valence-electron chi connectivity index (χ0n) is 14.3. The van der Waals surface area contributed by atoms with Crippen LogP contribution in [0.1, 0.15) is 24.0 Å². The molecule has 1 N–H and O–H groups in total. The highest BCUT2D eigenvalue weighted by Crippen LogP contribution is 2.37. The molecule has 1 aromatic rings. The molecule has 1 atom stereocenters. The summed E-state index contributed by atoms with van der Waals surface area (Å²) in [6.07, 6.45) is 0.701. The SMILES string of the molecule is COCC1(C(=O)O)CCCN1S(=O)(=O)c1ccc(OC)c(C)c1C. The first-order chi connectivity index (χ1) is 11.2. The maximum Gasteiger partial charge on any atom is 0.327 e. The highest BCUT2D eigenvalue weighted by Gasteiger charge is 2.53. The van der Waals surface area contributed by atoms with E-state index >= 15 is 0 Å². The van der Waals surface area contributed by atoms with E-state index in [4.69, 9.17) is 9.47 Å². The second-order valence-electron chi connectivity index (χ2n) is 5.97. The topological polar surface area (TPSA) is 93.1 Å². The van der Waals surface area contributed by atoms with Gasteiger partial charge in [0.15, 0.2) is 5.54 Å². The van der Waals surface area contributed by atoms with Crippen LogP contribution in [0, 0.1) is 13.8 Å². The van der Waals surface area contributed by atoms with E-state index in [1.807, 2.05) is 0 Å². The Morgan fingerprint density at radius 1 is 1.29 bits per heavy atom. The lowest BCUT2D eigenvalue weighted by Gasteiger charge is -2.33. The third kappa shape index (κ3) is 2.78. The zero-order valence-corrected chi connectivity index (χ0v) is 15.1. The smallest absolute Gasteiger partial charge is 0.327 e. The van der Waals surface area contributed by atoms with E-state index in [9.17, 15) is 18.3 Å². The summed E-state index contributed by atoms with van der Waals surface area (Å²) in [5.74, 6) is -0.595. The van der Waals surface area contributed by atoms with Gasteiger partial charge in [0.25, 0.3) is 0 Å². The van der Waals surface area contributed by atoms with Gasteiger partial charge in [0.1, 0.15) is 5.75 Å². The van der Waals surface area contributed by atoms with Gasteiger partial charge in [-0.15, -0.1) is 0 Å². The Bertz CT molecular complexity index is 745. The molecule has 1 aromatic carbocycles. The molecule has 0 aromatic heterocycles. The summed E-state index contributed by atoms with van der Waals surface area (Å²) < 4.78 is 37.7. The third-order valence-corrected chi connectivity index (χ3v) is 6.80. The van der Waals surface area contributed by atoms with Crippen LogP contribution in [-0.4, -0.2) is 56.7 Å². The lowest BCUT2D eigenvalue weighted by molar-refractivity contribution is -0.150. The minimum Gasteiger partial charge on any atom is -0.496 e. The molecule has 1 fully saturated rings. The quantitative estimate of drug-likeness (QED) is 0.831. The van der Waals surface area contributed by atoms with Crippen molar-refractivity contribution in [2.45, 2.75) is 37.1 Å². The number of carboxylic acid groups (broad SMARTS) is 1. The van der Waals surface area contributed by atoms with E-state index in [0.29, 0.717) is 23.3 Å². The summed E-state index contributed by atoms with van der Waals surface area (Å²) in [6.45, 7) is 3.44. The van der Waals surface area contributed by atoms with Gasteiger partial charge in [-0.1, -0.05) is 0 Å². The Hall–Kier alpha value is -1.64. The van der Waals surface area contributed by atoms with Crippen LogP contribution in [0.2, 0.25) is 0 Å². The standard InChI is InChI=1S/C16H23NO6S/c1-11-12(2)14(7-6-13(11)23-4)24(20,21)17-9-5-8-16(17,10-22-3)15(18)19/h6-7H,5,8-10H2,1-4H3,(H,18,19). The molecule has 134 valence electrons. The molecule has 1 aliphatic rings. The van der Waals surface area contributed by atoms with Gasteiger partial charge in [0.05, 0.1) is 18.6 Å². The number of carbonyl (C=O) groups is 1. The Morgan fingerprint density at radius 2 is 1.96 bits per heavy atom. The van der Waals surface area contributed by atoms with E-state index < -0.39 is 21.5 Å². The van der Waals surface area contributed by atoms with Crippen molar-refractivity contribution >= 4 is 16.0 Å². The van der Waals surface area contributed by atoms with Gasteiger partial charge in [0, 0.05) is 13.7 Å². The third-order valence-electron chi connectivity index (χ3n) is 4.69. The van der Waals surface area contributed by atoms with Crippen molar-refractivity contribution in [3.8, 4) is 5.75 Å². The molecule has 1 heterocycles.